The van der Waals surface area contributed by atoms with Gasteiger partial charge >= 0.3 is 0 Å². The molecule has 0 nitrogen and oxygen atoms in total. The number of halogens is 3. The zero-order chi connectivity index (χ0) is 8.72. The Kier molecular flexibility index (Phi) is 2.98. The lowest BCUT2D eigenvalue weighted by molar-refractivity contribution is 1.66. The Balaban J connectivity index is 2.97. The fourth-order valence-electron chi connectivity index (χ4n) is 1.04. The zero-order valence-electron chi connectivity index (χ0n) is 5.77. The summed E-state index contributed by atoms with van der Waals surface area (Å²) in [6.45, 7) is 0. The van der Waals surface area contributed by atoms with Crippen molar-refractivity contribution in [3.05, 3.63) is 29.1 Å². The van der Waals surface area contributed by atoms with Gasteiger partial charge in [-0.2, -0.15) is 0 Å². The molecule has 2 aromatic rings. The summed E-state index contributed by atoms with van der Waals surface area (Å²) in [6.07, 6.45) is 0. The van der Waals surface area contributed by atoms with E-state index < -0.39 is 0 Å². The second-order valence-corrected chi connectivity index (χ2v) is 6.35. The number of benzene rings is 1. The number of rotatable bonds is 0. The maximum absolute atomic E-state index is 3.59. The van der Waals surface area contributed by atoms with Gasteiger partial charge in [-0.1, -0.05) is 0 Å². The van der Waals surface area contributed by atoms with E-state index in [1.165, 1.54) is 21.7 Å². The van der Waals surface area contributed by atoms with E-state index in [-0.39, 0.29) is 0 Å². The van der Waals surface area contributed by atoms with E-state index in [1.807, 2.05) is 0 Å². The largest absolute Gasteiger partial charge is 0.143 e. The van der Waals surface area contributed by atoms with Crippen molar-refractivity contribution in [2.75, 3.05) is 0 Å². The molecule has 0 bridgehead atoms. The van der Waals surface area contributed by atoms with Crippen molar-refractivity contribution in [3.63, 3.8) is 0 Å². The molecule has 62 valence electrons. The van der Waals surface area contributed by atoms with Gasteiger partial charge in [0.05, 0.1) is 0 Å². The molecule has 0 aliphatic carbocycles. The van der Waals surface area contributed by atoms with Crippen LogP contribution in [-0.2, 0) is 0 Å². The van der Waals surface area contributed by atoms with Crippen molar-refractivity contribution in [1.82, 2.24) is 0 Å². The first-order chi connectivity index (χ1) is 5.70. The van der Waals surface area contributed by atoms with Crippen molar-refractivity contribution in [2.24, 2.45) is 0 Å². The Bertz CT molecular complexity index is 436. The van der Waals surface area contributed by atoms with Crippen LogP contribution in [-0.4, -0.2) is 0 Å². The highest BCUT2D eigenvalue weighted by Gasteiger charge is 2.07. The third-order valence-electron chi connectivity index (χ3n) is 1.58. The monoisotopic (exact) mass is 464 g/mol. The quantitative estimate of drug-likeness (QED) is 0.385. The summed E-state index contributed by atoms with van der Waals surface area (Å²) < 4.78 is 5.22. The van der Waals surface area contributed by atoms with Crippen molar-refractivity contribution in [3.8, 4) is 0 Å². The van der Waals surface area contributed by atoms with E-state index in [9.17, 15) is 0 Å². The highest BCUT2D eigenvalue weighted by molar-refractivity contribution is 14.1. The summed E-state index contributed by atoms with van der Waals surface area (Å²) in [5, 5.41) is 3.46. The summed E-state index contributed by atoms with van der Waals surface area (Å²) >= 11 is 10.1. The fraction of sp³-hybridized carbons (Fsp3) is 0. The Morgan fingerprint density at radius 3 is 2.75 bits per heavy atom. The first-order valence-corrected chi connectivity index (χ1v) is 7.04. The van der Waals surface area contributed by atoms with Crippen molar-refractivity contribution < 1.29 is 0 Å². The minimum atomic E-state index is 1.22. The first kappa shape index (κ1) is 9.67. The van der Waals surface area contributed by atoms with E-state index in [0.29, 0.717) is 0 Å². The Hall–Kier alpha value is 1.12. The van der Waals surface area contributed by atoms with Gasteiger partial charge in [0, 0.05) is 21.7 Å². The van der Waals surface area contributed by atoms with E-state index in [4.69, 9.17) is 0 Å². The van der Waals surface area contributed by atoms with Crippen LogP contribution in [0.5, 0.6) is 0 Å². The smallest absolute Gasteiger partial charge is 0.0488 e. The molecule has 0 aliphatic rings. The van der Waals surface area contributed by atoms with Gasteiger partial charge in [-0.3, -0.25) is 0 Å². The van der Waals surface area contributed by atoms with Crippen LogP contribution in [0.25, 0.3) is 10.1 Å². The van der Waals surface area contributed by atoms with E-state index in [1.54, 1.807) is 11.3 Å². The average molecular weight is 465 g/mol. The van der Waals surface area contributed by atoms with E-state index in [2.05, 4.69) is 78.6 Å². The highest BCUT2D eigenvalue weighted by Crippen LogP contribution is 2.35. The van der Waals surface area contributed by atoms with E-state index >= 15 is 0 Å². The normalized spacial score (nSPS) is 10.9. The van der Waals surface area contributed by atoms with Crippen LogP contribution in [0, 0.1) is 7.14 Å². The van der Waals surface area contributed by atoms with Crippen molar-refractivity contribution in [2.45, 2.75) is 0 Å². The molecule has 0 spiro atoms. The molecule has 12 heavy (non-hydrogen) atoms. The van der Waals surface area contributed by atoms with Crippen LogP contribution < -0.4 is 0 Å². The first-order valence-electron chi connectivity index (χ1n) is 3.21. The van der Waals surface area contributed by atoms with Crippen molar-refractivity contribution in [1.29, 1.82) is 0 Å². The minimum Gasteiger partial charge on any atom is -0.143 e. The maximum Gasteiger partial charge on any atom is 0.0488 e. The Labute approximate surface area is 110 Å². The molecule has 2 rings (SSSR count). The molecule has 0 atom stereocenters. The zero-order valence-corrected chi connectivity index (χ0v) is 12.5. The van der Waals surface area contributed by atoms with Crippen LogP contribution in [0.4, 0.5) is 0 Å². The third kappa shape index (κ3) is 1.55. The highest BCUT2D eigenvalue weighted by atomic mass is 127. The van der Waals surface area contributed by atoms with Gasteiger partial charge in [0.1, 0.15) is 0 Å². The SMILES string of the molecule is Brc1c(I)cc(I)c2sccc12. The molecule has 1 aromatic carbocycles. The predicted molar refractivity (Wildman–Crippen MR) is 75.0 cm³/mol. The lowest BCUT2D eigenvalue weighted by Gasteiger charge is -2.00. The van der Waals surface area contributed by atoms with Gasteiger partial charge in [0.15, 0.2) is 0 Å². The molecule has 0 amide bonds. The molecule has 1 heterocycles. The summed E-state index contributed by atoms with van der Waals surface area (Å²) in [7, 11) is 0. The summed E-state index contributed by atoms with van der Waals surface area (Å²) in [5.41, 5.74) is 0. The molecule has 0 radical (unpaired) electrons. The van der Waals surface area contributed by atoms with Crippen molar-refractivity contribution >= 4 is 82.5 Å². The maximum atomic E-state index is 3.59. The molecule has 0 saturated carbocycles. The summed E-state index contributed by atoms with van der Waals surface area (Å²) in [4.78, 5) is 0. The summed E-state index contributed by atoms with van der Waals surface area (Å²) in [6, 6.07) is 4.36. The molecule has 4 heteroatoms. The fourth-order valence-corrected chi connectivity index (χ4v) is 4.60. The van der Waals surface area contributed by atoms with Crippen LogP contribution in [0.3, 0.4) is 0 Å². The Morgan fingerprint density at radius 2 is 2.00 bits per heavy atom. The molecule has 0 unspecified atom stereocenters. The molecule has 0 saturated heterocycles. The average Bonchev–Trinajstić information content (AvgIpc) is 2.48. The van der Waals surface area contributed by atoms with Gasteiger partial charge in [-0.15, -0.1) is 11.3 Å². The topological polar surface area (TPSA) is 0 Å². The Morgan fingerprint density at radius 1 is 1.25 bits per heavy atom. The van der Waals surface area contributed by atoms with Gasteiger partial charge in [-0.05, 0) is 78.6 Å². The number of hydrogen-bond donors (Lipinski definition) is 0. The third-order valence-corrected chi connectivity index (χ3v) is 6.19. The molecule has 1 aromatic heterocycles. The van der Waals surface area contributed by atoms with Gasteiger partial charge in [-0.25, -0.2) is 0 Å². The standard InChI is InChI=1S/C8H3BrI2S/c9-7-4-1-2-12-8(4)6(11)3-5(7)10/h1-3H. The molecule has 0 N–H and O–H groups in total. The predicted octanol–water partition coefficient (Wildman–Crippen LogP) is 4.87. The van der Waals surface area contributed by atoms with Crippen LogP contribution in [0.2, 0.25) is 0 Å². The summed E-state index contributed by atoms with van der Waals surface area (Å²) in [5.74, 6) is 0. The van der Waals surface area contributed by atoms with Gasteiger partial charge in [0.25, 0.3) is 0 Å². The lowest BCUT2D eigenvalue weighted by atomic mass is 10.3. The second kappa shape index (κ2) is 3.70. The van der Waals surface area contributed by atoms with Crippen LogP contribution >= 0.6 is 72.4 Å². The second-order valence-electron chi connectivity index (χ2n) is 2.32. The molecule has 0 aliphatic heterocycles. The van der Waals surface area contributed by atoms with Gasteiger partial charge in [0.2, 0.25) is 0 Å². The lowest BCUT2D eigenvalue weighted by Crippen LogP contribution is -1.78. The number of hydrogen-bond acceptors (Lipinski definition) is 1. The minimum absolute atomic E-state index is 1.22. The number of thiophene rings is 1. The molecular weight excluding hydrogens is 462 g/mol. The molecule has 0 fully saturated rings. The van der Waals surface area contributed by atoms with Gasteiger partial charge < -0.3 is 0 Å². The van der Waals surface area contributed by atoms with Crippen LogP contribution in [0.1, 0.15) is 0 Å². The number of fused-ring (bicyclic) bond motifs is 1. The van der Waals surface area contributed by atoms with E-state index in [0.717, 1.165) is 0 Å². The molecular formula is C8H3BrI2S. The van der Waals surface area contributed by atoms with Crippen LogP contribution in [0.15, 0.2) is 22.0 Å².